The summed E-state index contributed by atoms with van der Waals surface area (Å²) in [4.78, 5) is 10.2. The maximum absolute atomic E-state index is 10.6. The highest BCUT2D eigenvalue weighted by molar-refractivity contribution is 7.80. The lowest BCUT2D eigenvalue weighted by Gasteiger charge is -2.19. The van der Waals surface area contributed by atoms with Crippen molar-refractivity contribution in [3.05, 3.63) is 69.3 Å². The number of nitro groups is 1. The van der Waals surface area contributed by atoms with Crippen molar-refractivity contribution < 1.29 is 4.92 Å². The second kappa shape index (κ2) is 7.19. The minimum absolute atomic E-state index is 0.0538. The lowest BCUT2D eigenvalue weighted by atomic mass is 10.0. The Morgan fingerprint density at radius 3 is 2.39 bits per heavy atom. The maximum Gasteiger partial charge on any atom is 0.269 e. The molecule has 0 aliphatic carbocycles. The van der Waals surface area contributed by atoms with Crippen LogP contribution in [-0.4, -0.2) is 10.0 Å². The minimum atomic E-state index is -0.428. The highest BCUT2D eigenvalue weighted by Gasteiger charge is 2.10. The molecule has 2 rings (SSSR count). The SMILES string of the molecule is Cc1ccc(C(C)NC(=S)Nc2ccc([N+](=O)[O-])cc2)c(C)c1. The largest absolute Gasteiger partial charge is 0.356 e. The molecule has 0 bridgehead atoms. The summed E-state index contributed by atoms with van der Waals surface area (Å²) in [5.74, 6) is 0. The van der Waals surface area contributed by atoms with Crippen LogP contribution in [0.25, 0.3) is 0 Å². The first-order valence-electron chi connectivity index (χ1n) is 7.26. The molecule has 0 aliphatic rings. The Labute approximate surface area is 140 Å². The normalized spacial score (nSPS) is 11.6. The number of nitro benzene ring substituents is 1. The van der Waals surface area contributed by atoms with Crippen molar-refractivity contribution in [2.45, 2.75) is 26.8 Å². The van der Waals surface area contributed by atoms with E-state index in [1.54, 1.807) is 12.1 Å². The van der Waals surface area contributed by atoms with E-state index in [1.165, 1.54) is 28.8 Å². The van der Waals surface area contributed by atoms with E-state index in [2.05, 4.69) is 42.7 Å². The molecule has 23 heavy (non-hydrogen) atoms. The fourth-order valence-corrected chi connectivity index (χ4v) is 2.71. The number of aryl methyl sites for hydroxylation is 2. The molecule has 0 heterocycles. The molecule has 0 fully saturated rings. The molecule has 6 heteroatoms. The third kappa shape index (κ3) is 4.50. The van der Waals surface area contributed by atoms with Gasteiger partial charge >= 0.3 is 0 Å². The summed E-state index contributed by atoms with van der Waals surface area (Å²) in [6.07, 6.45) is 0. The van der Waals surface area contributed by atoms with Crippen molar-refractivity contribution in [2.24, 2.45) is 0 Å². The third-order valence-electron chi connectivity index (χ3n) is 3.58. The van der Waals surface area contributed by atoms with Crippen LogP contribution in [0.3, 0.4) is 0 Å². The van der Waals surface area contributed by atoms with E-state index in [4.69, 9.17) is 12.2 Å². The number of hydrogen-bond acceptors (Lipinski definition) is 3. The molecule has 0 spiro atoms. The molecule has 2 N–H and O–H groups in total. The number of non-ortho nitro benzene ring substituents is 1. The van der Waals surface area contributed by atoms with Gasteiger partial charge in [0.25, 0.3) is 5.69 Å². The van der Waals surface area contributed by atoms with Gasteiger partial charge in [0.05, 0.1) is 11.0 Å². The number of anilines is 1. The molecule has 0 aliphatic heterocycles. The monoisotopic (exact) mass is 329 g/mol. The predicted octanol–water partition coefficient (Wildman–Crippen LogP) is 4.26. The molecule has 0 amide bonds. The fourth-order valence-electron chi connectivity index (χ4n) is 2.42. The predicted molar refractivity (Wildman–Crippen MR) is 96.8 cm³/mol. The van der Waals surface area contributed by atoms with Gasteiger partial charge in [-0.15, -0.1) is 0 Å². The number of nitrogens with one attached hydrogen (secondary N) is 2. The summed E-state index contributed by atoms with van der Waals surface area (Å²) in [5, 5.41) is 17.4. The first-order valence-corrected chi connectivity index (χ1v) is 7.67. The molecular weight excluding hydrogens is 310 g/mol. The van der Waals surface area contributed by atoms with Gasteiger partial charge in [0.1, 0.15) is 0 Å². The summed E-state index contributed by atoms with van der Waals surface area (Å²) >= 11 is 5.31. The van der Waals surface area contributed by atoms with E-state index in [0.29, 0.717) is 10.8 Å². The van der Waals surface area contributed by atoms with Gasteiger partial charge < -0.3 is 10.6 Å². The van der Waals surface area contributed by atoms with Gasteiger partial charge in [-0.1, -0.05) is 23.8 Å². The van der Waals surface area contributed by atoms with Crippen LogP contribution in [0.15, 0.2) is 42.5 Å². The smallest absolute Gasteiger partial charge is 0.269 e. The molecule has 0 saturated carbocycles. The van der Waals surface area contributed by atoms with E-state index in [0.717, 1.165) is 0 Å². The summed E-state index contributed by atoms with van der Waals surface area (Å²) in [6.45, 7) is 6.18. The van der Waals surface area contributed by atoms with Crippen molar-refractivity contribution in [1.82, 2.24) is 5.32 Å². The summed E-state index contributed by atoms with van der Waals surface area (Å²) in [7, 11) is 0. The highest BCUT2D eigenvalue weighted by Crippen LogP contribution is 2.19. The van der Waals surface area contributed by atoms with Gasteiger partial charge in [-0.05, 0) is 56.2 Å². The molecular formula is C17H19N3O2S. The van der Waals surface area contributed by atoms with Gasteiger partial charge in [0, 0.05) is 17.8 Å². The average Bonchev–Trinajstić information content (AvgIpc) is 2.47. The van der Waals surface area contributed by atoms with Crippen LogP contribution in [-0.2, 0) is 0 Å². The van der Waals surface area contributed by atoms with Crippen LogP contribution in [0, 0.1) is 24.0 Å². The van der Waals surface area contributed by atoms with Crippen LogP contribution in [0.4, 0.5) is 11.4 Å². The van der Waals surface area contributed by atoms with Crippen LogP contribution >= 0.6 is 12.2 Å². The van der Waals surface area contributed by atoms with E-state index in [9.17, 15) is 10.1 Å². The van der Waals surface area contributed by atoms with E-state index in [-0.39, 0.29) is 11.7 Å². The van der Waals surface area contributed by atoms with Crippen LogP contribution in [0.1, 0.15) is 29.7 Å². The first-order chi connectivity index (χ1) is 10.9. The lowest BCUT2D eigenvalue weighted by molar-refractivity contribution is -0.384. The Balaban J connectivity index is 1.99. The number of thiocarbonyl (C=S) groups is 1. The zero-order valence-corrected chi connectivity index (χ0v) is 14.1. The minimum Gasteiger partial charge on any atom is -0.356 e. The molecule has 5 nitrogen and oxygen atoms in total. The first kappa shape index (κ1) is 16.9. The molecule has 1 atom stereocenters. The molecule has 0 saturated heterocycles. The van der Waals surface area contributed by atoms with Crippen LogP contribution in [0.5, 0.6) is 0 Å². The fraction of sp³-hybridized carbons (Fsp3) is 0.235. The topological polar surface area (TPSA) is 67.2 Å². The Kier molecular flexibility index (Phi) is 5.28. The van der Waals surface area contributed by atoms with Gasteiger partial charge in [0.15, 0.2) is 5.11 Å². The van der Waals surface area contributed by atoms with Crippen molar-refractivity contribution in [1.29, 1.82) is 0 Å². The summed E-state index contributed by atoms with van der Waals surface area (Å²) in [5.41, 5.74) is 4.38. The molecule has 0 radical (unpaired) electrons. The van der Waals surface area contributed by atoms with E-state index >= 15 is 0 Å². The Hall–Kier alpha value is -2.47. The van der Waals surface area contributed by atoms with Crippen LogP contribution < -0.4 is 10.6 Å². The number of hydrogen-bond donors (Lipinski definition) is 2. The third-order valence-corrected chi connectivity index (χ3v) is 3.80. The summed E-state index contributed by atoms with van der Waals surface area (Å²) < 4.78 is 0. The zero-order valence-electron chi connectivity index (χ0n) is 13.3. The number of nitrogens with zero attached hydrogens (tertiary/aromatic N) is 1. The van der Waals surface area contributed by atoms with Crippen molar-refractivity contribution >= 4 is 28.7 Å². The second-order valence-corrected chi connectivity index (χ2v) is 5.89. The molecule has 120 valence electrons. The Bertz CT molecular complexity index is 729. The van der Waals surface area contributed by atoms with E-state index in [1.807, 2.05) is 6.92 Å². The standard InChI is InChI=1S/C17H19N3O2S/c1-11-4-9-16(12(2)10-11)13(3)18-17(23)19-14-5-7-15(8-6-14)20(21)22/h4-10,13H,1-3H3,(H2,18,19,23). The van der Waals surface area contributed by atoms with Gasteiger partial charge in [-0.25, -0.2) is 0 Å². The van der Waals surface area contributed by atoms with Crippen LogP contribution in [0.2, 0.25) is 0 Å². The number of rotatable bonds is 4. The molecule has 2 aromatic rings. The molecule has 1 unspecified atom stereocenters. The molecule has 0 aromatic heterocycles. The van der Waals surface area contributed by atoms with Gasteiger partial charge in [0.2, 0.25) is 0 Å². The Morgan fingerprint density at radius 2 is 1.83 bits per heavy atom. The van der Waals surface area contributed by atoms with Crippen molar-refractivity contribution in [3.8, 4) is 0 Å². The maximum atomic E-state index is 10.6. The highest BCUT2D eigenvalue weighted by atomic mass is 32.1. The molecule has 2 aromatic carbocycles. The van der Waals surface area contributed by atoms with Gasteiger partial charge in [-0.2, -0.15) is 0 Å². The van der Waals surface area contributed by atoms with Gasteiger partial charge in [-0.3, -0.25) is 10.1 Å². The number of benzene rings is 2. The second-order valence-electron chi connectivity index (χ2n) is 5.48. The van der Waals surface area contributed by atoms with E-state index < -0.39 is 4.92 Å². The average molecular weight is 329 g/mol. The quantitative estimate of drug-likeness (QED) is 0.498. The summed E-state index contributed by atoms with van der Waals surface area (Å²) in [6, 6.07) is 12.5. The Morgan fingerprint density at radius 1 is 1.17 bits per heavy atom. The zero-order chi connectivity index (χ0) is 17.0. The van der Waals surface area contributed by atoms with Crippen molar-refractivity contribution in [2.75, 3.05) is 5.32 Å². The lowest BCUT2D eigenvalue weighted by Crippen LogP contribution is -2.31. The van der Waals surface area contributed by atoms with Crippen molar-refractivity contribution in [3.63, 3.8) is 0 Å².